The van der Waals surface area contributed by atoms with Crippen LogP contribution in [0.1, 0.15) is 0 Å². The van der Waals surface area contributed by atoms with Crippen LogP contribution in [0, 0.1) is 3.57 Å². The SMILES string of the molecule is COc1ccc2c(=O)c(I)coc2c1OC. The highest BCUT2D eigenvalue weighted by atomic mass is 127. The van der Waals surface area contributed by atoms with Crippen molar-refractivity contribution in [2.75, 3.05) is 14.2 Å². The molecule has 0 aliphatic rings. The van der Waals surface area contributed by atoms with E-state index in [-0.39, 0.29) is 5.43 Å². The second-order valence-corrected chi connectivity index (χ2v) is 4.25. The Hall–Kier alpha value is -1.24. The minimum absolute atomic E-state index is 0.0668. The lowest BCUT2D eigenvalue weighted by Gasteiger charge is -2.08. The highest BCUT2D eigenvalue weighted by Crippen LogP contribution is 2.34. The maximum atomic E-state index is 11.8. The Morgan fingerprint density at radius 3 is 2.62 bits per heavy atom. The first-order chi connectivity index (χ1) is 7.69. The van der Waals surface area contributed by atoms with Crippen LogP contribution in [0.25, 0.3) is 11.0 Å². The summed E-state index contributed by atoms with van der Waals surface area (Å²) < 4.78 is 16.2. The molecule has 0 aliphatic carbocycles. The second kappa shape index (κ2) is 4.32. The smallest absolute Gasteiger partial charge is 0.206 e. The van der Waals surface area contributed by atoms with Gasteiger partial charge < -0.3 is 13.9 Å². The molecule has 0 atom stereocenters. The van der Waals surface area contributed by atoms with Crippen LogP contribution in [-0.2, 0) is 0 Å². The van der Waals surface area contributed by atoms with Crippen LogP contribution in [0.5, 0.6) is 11.5 Å². The molecule has 0 saturated carbocycles. The van der Waals surface area contributed by atoms with Crippen molar-refractivity contribution in [2.45, 2.75) is 0 Å². The monoisotopic (exact) mass is 332 g/mol. The molecule has 84 valence electrons. The number of halogens is 1. The molecule has 1 aromatic carbocycles. The van der Waals surface area contributed by atoms with E-state index in [0.717, 1.165) is 0 Å². The third-order valence-corrected chi connectivity index (χ3v) is 2.99. The van der Waals surface area contributed by atoms with E-state index < -0.39 is 0 Å². The van der Waals surface area contributed by atoms with Gasteiger partial charge in [-0.2, -0.15) is 0 Å². The number of methoxy groups -OCH3 is 2. The average Bonchev–Trinajstić information content (AvgIpc) is 2.32. The van der Waals surface area contributed by atoms with Crippen molar-refractivity contribution in [3.8, 4) is 11.5 Å². The van der Waals surface area contributed by atoms with Gasteiger partial charge in [0.25, 0.3) is 0 Å². The van der Waals surface area contributed by atoms with Crippen molar-refractivity contribution >= 4 is 33.6 Å². The summed E-state index contributed by atoms with van der Waals surface area (Å²) in [6.45, 7) is 0. The van der Waals surface area contributed by atoms with Gasteiger partial charge in [0.1, 0.15) is 6.26 Å². The van der Waals surface area contributed by atoms with Crippen LogP contribution >= 0.6 is 22.6 Å². The minimum Gasteiger partial charge on any atom is -0.493 e. The van der Waals surface area contributed by atoms with E-state index >= 15 is 0 Å². The summed E-state index contributed by atoms with van der Waals surface area (Å²) in [5.74, 6) is 0.979. The Bertz CT molecular complexity index is 588. The molecule has 0 aliphatic heterocycles. The van der Waals surface area contributed by atoms with E-state index in [4.69, 9.17) is 13.9 Å². The van der Waals surface area contributed by atoms with Gasteiger partial charge in [-0.3, -0.25) is 4.79 Å². The van der Waals surface area contributed by atoms with Crippen molar-refractivity contribution in [3.63, 3.8) is 0 Å². The van der Waals surface area contributed by atoms with Gasteiger partial charge in [-0.15, -0.1) is 0 Å². The van der Waals surface area contributed by atoms with Crippen molar-refractivity contribution in [2.24, 2.45) is 0 Å². The van der Waals surface area contributed by atoms with Gasteiger partial charge in [0.15, 0.2) is 11.3 Å². The number of benzene rings is 1. The average molecular weight is 332 g/mol. The standard InChI is InChI=1S/C11H9IO4/c1-14-8-4-3-6-9(13)7(12)5-16-10(6)11(8)15-2/h3-5H,1-2H3. The zero-order valence-corrected chi connectivity index (χ0v) is 10.9. The molecule has 4 nitrogen and oxygen atoms in total. The third kappa shape index (κ3) is 1.64. The van der Waals surface area contributed by atoms with Crippen molar-refractivity contribution < 1.29 is 13.9 Å². The molecule has 16 heavy (non-hydrogen) atoms. The summed E-state index contributed by atoms with van der Waals surface area (Å²) >= 11 is 1.94. The molecule has 1 heterocycles. The molecular formula is C11H9IO4. The van der Waals surface area contributed by atoms with Crippen molar-refractivity contribution in [1.29, 1.82) is 0 Å². The molecule has 5 heteroatoms. The van der Waals surface area contributed by atoms with Gasteiger partial charge in [0.2, 0.25) is 11.2 Å². The first kappa shape index (κ1) is 11.3. The highest BCUT2D eigenvalue weighted by Gasteiger charge is 2.14. The molecule has 0 bridgehead atoms. The van der Waals surface area contributed by atoms with E-state index in [9.17, 15) is 4.79 Å². The lowest BCUT2D eigenvalue weighted by molar-refractivity contribution is 0.353. The summed E-state index contributed by atoms with van der Waals surface area (Å²) in [4.78, 5) is 11.8. The molecule has 0 radical (unpaired) electrons. The molecule has 2 aromatic rings. The van der Waals surface area contributed by atoms with E-state index in [1.54, 1.807) is 12.1 Å². The van der Waals surface area contributed by atoms with Gasteiger partial charge in [-0.25, -0.2) is 0 Å². The number of ether oxygens (including phenoxy) is 2. The predicted octanol–water partition coefficient (Wildman–Crippen LogP) is 2.41. The van der Waals surface area contributed by atoms with Gasteiger partial charge in [-0.1, -0.05) is 0 Å². The van der Waals surface area contributed by atoms with Gasteiger partial charge in [0.05, 0.1) is 23.2 Å². The lowest BCUT2D eigenvalue weighted by atomic mass is 10.2. The van der Waals surface area contributed by atoms with Crippen LogP contribution in [0.2, 0.25) is 0 Å². The van der Waals surface area contributed by atoms with Crippen LogP contribution < -0.4 is 14.9 Å². The van der Waals surface area contributed by atoms with Crippen LogP contribution in [0.3, 0.4) is 0 Å². The van der Waals surface area contributed by atoms with Gasteiger partial charge in [0, 0.05) is 0 Å². The molecule has 0 fully saturated rings. The molecule has 0 spiro atoms. The summed E-state index contributed by atoms with van der Waals surface area (Å²) in [6, 6.07) is 3.36. The second-order valence-electron chi connectivity index (χ2n) is 3.09. The summed E-state index contributed by atoms with van der Waals surface area (Å²) in [7, 11) is 3.05. The summed E-state index contributed by atoms with van der Waals surface area (Å²) in [5, 5.41) is 0.490. The Balaban J connectivity index is 2.90. The normalized spacial score (nSPS) is 10.4. The molecule has 2 rings (SSSR count). The third-order valence-electron chi connectivity index (χ3n) is 2.24. The van der Waals surface area contributed by atoms with Gasteiger partial charge >= 0.3 is 0 Å². The minimum atomic E-state index is -0.0668. The van der Waals surface area contributed by atoms with Crippen molar-refractivity contribution in [3.05, 3.63) is 32.2 Å². The van der Waals surface area contributed by atoms with Crippen LogP contribution in [0.15, 0.2) is 27.6 Å². The number of fused-ring (bicyclic) bond motifs is 1. The number of hydrogen-bond donors (Lipinski definition) is 0. The maximum absolute atomic E-state index is 11.8. The molecule has 0 saturated heterocycles. The fourth-order valence-electron chi connectivity index (χ4n) is 1.49. The summed E-state index contributed by atoms with van der Waals surface area (Å²) in [5.41, 5.74) is 0.343. The molecule has 0 amide bonds. The zero-order valence-electron chi connectivity index (χ0n) is 8.74. The number of rotatable bonds is 2. The zero-order chi connectivity index (χ0) is 11.7. The van der Waals surface area contributed by atoms with Crippen molar-refractivity contribution in [1.82, 2.24) is 0 Å². The van der Waals surface area contributed by atoms with E-state index in [1.807, 2.05) is 22.6 Å². The van der Waals surface area contributed by atoms with Crippen LogP contribution in [0.4, 0.5) is 0 Å². The predicted molar refractivity (Wildman–Crippen MR) is 68.3 cm³/mol. The van der Waals surface area contributed by atoms with E-state index in [1.165, 1.54) is 20.5 Å². The first-order valence-corrected chi connectivity index (χ1v) is 5.59. The Morgan fingerprint density at radius 2 is 2.00 bits per heavy atom. The van der Waals surface area contributed by atoms with Crippen LogP contribution in [-0.4, -0.2) is 14.2 Å². The summed E-state index contributed by atoms with van der Waals surface area (Å²) in [6.07, 6.45) is 1.41. The van der Waals surface area contributed by atoms with E-state index in [0.29, 0.717) is 26.0 Å². The van der Waals surface area contributed by atoms with Gasteiger partial charge in [-0.05, 0) is 34.7 Å². The quantitative estimate of drug-likeness (QED) is 0.793. The molecule has 1 aromatic heterocycles. The lowest BCUT2D eigenvalue weighted by Crippen LogP contribution is -2.05. The Morgan fingerprint density at radius 1 is 1.25 bits per heavy atom. The highest BCUT2D eigenvalue weighted by molar-refractivity contribution is 14.1. The maximum Gasteiger partial charge on any atom is 0.206 e. The largest absolute Gasteiger partial charge is 0.493 e. The fourth-order valence-corrected chi connectivity index (χ4v) is 1.90. The fraction of sp³-hybridized carbons (Fsp3) is 0.182. The number of hydrogen-bond acceptors (Lipinski definition) is 4. The Kier molecular flexibility index (Phi) is 3.04. The molecule has 0 N–H and O–H groups in total. The topological polar surface area (TPSA) is 48.7 Å². The first-order valence-electron chi connectivity index (χ1n) is 4.51. The molecule has 0 unspecified atom stereocenters. The molecular weight excluding hydrogens is 323 g/mol. The van der Waals surface area contributed by atoms with E-state index in [2.05, 4.69) is 0 Å². The Labute approximate surface area is 105 Å².